The number of nitro groups is 1. The van der Waals surface area contributed by atoms with E-state index in [1.165, 1.54) is 23.3 Å². The van der Waals surface area contributed by atoms with E-state index in [0.29, 0.717) is 0 Å². The lowest BCUT2D eigenvalue weighted by Gasteiger charge is -2.08. The third kappa shape index (κ3) is 2.55. The van der Waals surface area contributed by atoms with Crippen LogP contribution < -0.4 is 6.15 Å². The second-order valence-electron chi connectivity index (χ2n) is 4.05. The molecule has 3 N–H and O–H groups in total. The summed E-state index contributed by atoms with van der Waals surface area (Å²) in [6.07, 6.45) is 0. The maximum Gasteiger partial charge on any atom is 0.269 e. The van der Waals surface area contributed by atoms with Gasteiger partial charge in [-0.2, -0.15) is 0 Å². The Morgan fingerprint density at radius 3 is 2.17 bits per heavy atom. The normalized spacial score (nSPS) is 9.67. The van der Waals surface area contributed by atoms with E-state index in [2.05, 4.69) is 19.9 Å². The molecular formula is C14H16N2O2. The largest absolute Gasteiger partial charge is 0.344 e. The Kier molecular flexibility index (Phi) is 4.18. The summed E-state index contributed by atoms with van der Waals surface area (Å²) in [5, 5.41) is 10.6. The summed E-state index contributed by atoms with van der Waals surface area (Å²) < 4.78 is 0. The molecular weight excluding hydrogens is 228 g/mol. The lowest BCUT2D eigenvalue weighted by atomic mass is 9.97. The van der Waals surface area contributed by atoms with E-state index in [1.54, 1.807) is 12.1 Å². The molecule has 0 aliphatic rings. The summed E-state index contributed by atoms with van der Waals surface area (Å²) in [5.74, 6) is 0. The average molecular weight is 244 g/mol. The van der Waals surface area contributed by atoms with Gasteiger partial charge in [0.05, 0.1) is 4.92 Å². The van der Waals surface area contributed by atoms with E-state index in [9.17, 15) is 10.1 Å². The van der Waals surface area contributed by atoms with Crippen molar-refractivity contribution in [2.24, 2.45) is 0 Å². The van der Waals surface area contributed by atoms with Crippen LogP contribution in [0.15, 0.2) is 42.5 Å². The maximum absolute atomic E-state index is 10.6. The third-order valence-electron chi connectivity index (χ3n) is 2.99. The fraction of sp³-hybridized carbons (Fsp3) is 0.143. The minimum atomic E-state index is -0.382. The quantitative estimate of drug-likeness (QED) is 0.639. The van der Waals surface area contributed by atoms with Gasteiger partial charge in [-0.3, -0.25) is 10.1 Å². The predicted octanol–water partition coefficient (Wildman–Crippen LogP) is 4.04. The molecule has 2 rings (SSSR count). The van der Waals surface area contributed by atoms with Gasteiger partial charge in [-0.05, 0) is 48.2 Å². The van der Waals surface area contributed by atoms with Crippen LogP contribution >= 0.6 is 0 Å². The van der Waals surface area contributed by atoms with Gasteiger partial charge in [0, 0.05) is 12.1 Å². The molecule has 0 spiro atoms. The molecule has 0 amide bonds. The number of benzene rings is 2. The fourth-order valence-corrected chi connectivity index (χ4v) is 1.83. The highest BCUT2D eigenvalue weighted by molar-refractivity contribution is 5.69. The van der Waals surface area contributed by atoms with Crippen molar-refractivity contribution in [3.8, 4) is 11.1 Å². The van der Waals surface area contributed by atoms with Gasteiger partial charge < -0.3 is 6.15 Å². The predicted molar refractivity (Wildman–Crippen MR) is 73.0 cm³/mol. The highest BCUT2D eigenvalue weighted by Gasteiger charge is 2.07. The van der Waals surface area contributed by atoms with Crippen molar-refractivity contribution in [2.45, 2.75) is 13.8 Å². The SMILES string of the molecule is Cc1cccc(-c2ccc([N+](=O)[O-])cc2)c1C.N. The summed E-state index contributed by atoms with van der Waals surface area (Å²) in [5.41, 5.74) is 4.69. The van der Waals surface area contributed by atoms with Gasteiger partial charge in [0.2, 0.25) is 0 Å². The number of aryl methyl sites for hydroxylation is 1. The molecule has 0 fully saturated rings. The number of hydrogen-bond donors (Lipinski definition) is 1. The van der Waals surface area contributed by atoms with E-state index in [0.717, 1.165) is 11.1 Å². The van der Waals surface area contributed by atoms with Crippen LogP contribution in [-0.4, -0.2) is 4.92 Å². The second kappa shape index (κ2) is 5.42. The van der Waals surface area contributed by atoms with Crippen LogP contribution in [0.2, 0.25) is 0 Å². The van der Waals surface area contributed by atoms with E-state index >= 15 is 0 Å². The first-order chi connectivity index (χ1) is 8.09. The summed E-state index contributed by atoms with van der Waals surface area (Å²) >= 11 is 0. The number of hydrogen-bond acceptors (Lipinski definition) is 3. The van der Waals surface area contributed by atoms with Crippen LogP contribution in [0.3, 0.4) is 0 Å². The molecule has 0 unspecified atom stereocenters. The number of nitrogens with zero attached hydrogens (tertiary/aromatic N) is 1. The molecule has 4 nitrogen and oxygen atoms in total. The third-order valence-corrected chi connectivity index (χ3v) is 2.99. The van der Waals surface area contributed by atoms with Crippen LogP contribution in [0.1, 0.15) is 11.1 Å². The van der Waals surface area contributed by atoms with E-state index in [4.69, 9.17) is 0 Å². The van der Waals surface area contributed by atoms with Crippen molar-refractivity contribution in [3.05, 3.63) is 63.7 Å². The average Bonchev–Trinajstić information content (AvgIpc) is 2.33. The molecule has 94 valence electrons. The second-order valence-corrected chi connectivity index (χ2v) is 4.05. The van der Waals surface area contributed by atoms with Crippen molar-refractivity contribution in [2.75, 3.05) is 0 Å². The number of non-ortho nitro benzene ring substituents is 1. The van der Waals surface area contributed by atoms with Gasteiger partial charge in [-0.1, -0.05) is 18.2 Å². The van der Waals surface area contributed by atoms with Crippen LogP contribution in [0.4, 0.5) is 5.69 Å². The Balaban J connectivity index is 0.00000162. The summed E-state index contributed by atoms with van der Waals surface area (Å²) in [7, 11) is 0. The summed E-state index contributed by atoms with van der Waals surface area (Å²) in [6.45, 7) is 4.12. The van der Waals surface area contributed by atoms with Gasteiger partial charge >= 0.3 is 0 Å². The van der Waals surface area contributed by atoms with Crippen molar-refractivity contribution in [1.29, 1.82) is 0 Å². The first kappa shape index (κ1) is 13.9. The highest BCUT2D eigenvalue weighted by atomic mass is 16.6. The monoisotopic (exact) mass is 244 g/mol. The van der Waals surface area contributed by atoms with Crippen molar-refractivity contribution >= 4 is 5.69 Å². The Hall–Kier alpha value is -2.20. The first-order valence-corrected chi connectivity index (χ1v) is 5.40. The Labute approximate surface area is 106 Å². The number of rotatable bonds is 2. The molecule has 0 heterocycles. The molecule has 0 aliphatic carbocycles. The van der Waals surface area contributed by atoms with Gasteiger partial charge in [0.25, 0.3) is 5.69 Å². The fourth-order valence-electron chi connectivity index (χ4n) is 1.83. The topological polar surface area (TPSA) is 78.1 Å². The van der Waals surface area contributed by atoms with Crippen LogP contribution in [-0.2, 0) is 0 Å². The Morgan fingerprint density at radius 2 is 1.61 bits per heavy atom. The zero-order valence-electron chi connectivity index (χ0n) is 10.5. The van der Waals surface area contributed by atoms with Crippen molar-refractivity contribution < 1.29 is 4.92 Å². The molecule has 0 bridgehead atoms. The molecule has 0 aromatic heterocycles. The molecule has 0 saturated heterocycles. The molecule has 18 heavy (non-hydrogen) atoms. The smallest absolute Gasteiger partial charge is 0.269 e. The highest BCUT2D eigenvalue weighted by Crippen LogP contribution is 2.26. The van der Waals surface area contributed by atoms with Gasteiger partial charge in [-0.25, -0.2) is 0 Å². The molecule has 2 aromatic carbocycles. The molecule has 4 heteroatoms. The lowest BCUT2D eigenvalue weighted by Crippen LogP contribution is -1.89. The van der Waals surface area contributed by atoms with Crippen LogP contribution in [0.25, 0.3) is 11.1 Å². The Bertz CT molecular complexity index is 563. The van der Waals surface area contributed by atoms with Crippen molar-refractivity contribution in [3.63, 3.8) is 0 Å². The van der Waals surface area contributed by atoms with E-state index < -0.39 is 0 Å². The summed E-state index contributed by atoms with van der Waals surface area (Å²) in [4.78, 5) is 10.2. The van der Waals surface area contributed by atoms with Gasteiger partial charge in [0.1, 0.15) is 0 Å². The molecule has 0 aliphatic heterocycles. The standard InChI is InChI=1S/C14H13NO2.H3N/c1-10-4-3-5-14(11(10)2)12-6-8-13(9-7-12)15(16)17;/h3-9H,1-2H3;1H3. The Morgan fingerprint density at radius 1 is 1.00 bits per heavy atom. The maximum atomic E-state index is 10.6. The first-order valence-electron chi connectivity index (χ1n) is 5.40. The van der Waals surface area contributed by atoms with Crippen molar-refractivity contribution in [1.82, 2.24) is 6.15 Å². The molecule has 2 aromatic rings. The minimum Gasteiger partial charge on any atom is -0.344 e. The van der Waals surface area contributed by atoms with Gasteiger partial charge in [-0.15, -0.1) is 0 Å². The molecule has 0 radical (unpaired) electrons. The van der Waals surface area contributed by atoms with Crippen LogP contribution in [0.5, 0.6) is 0 Å². The molecule has 0 saturated carbocycles. The zero-order valence-corrected chi connectivity index (χ0v) is 10.5. The minimum absolute atomic E-state index is 0. The van der Waals surface area contributed by atoms with E-state index in [1.807, 2.05) is 12.1 Å². The molecule has 0 atom stereocenters. The van der Waals surface area contributed by atoms with Crippen LogP contribution in [0, 0.1) is 24.0 Å². The zero-order chi connectivity index (χ0) is 12.4. The summed E-state index contributed by atoms with van der Waals surface area (Å²) in [6, 6.07) is 12.8. The number of nitro benzene ring substituents is 1. The van der Waals surface area contributed by atoms with E-state index in [-0.39, 0.29) is 16.8 Å². The van der Waals surface area contributed by atoms with Gasteiger partial charge in [0.15, 0.2) is 0 Å². The lowest BCUT2D eigenvalue weighted by molar-refractivity contribution is -0.384.